The van der Waals surface area contributed by atoms with Crippen molar-refractivity contribution >= 4 is 17.5 Å². The molecule has 0 saturated carbocycles. The highest BCUT2D eigenvalue weighted by molar-refractivity contribution is 5.92. The number of carbonyl (C=O) groups is 1. The highest BCUT2D eigenvalue weighted by atomic mass is 16.5. The molecule has 2 aromatic rings. The SMILES string of the molecule is COc1ccccc1Nc1nccc(C(=O)NCC2CCCO2)n1. The molecule has 126 valence electrons. The van der Waals surface area contributed by atoms with E-state index in [1.165, 1.54) is 0 Å². The molecule has 0 bridgehead atoms. The second-order valence-electron chi connectivity index (χ2n) is 5.44. The van der Waals surface area contributed by atoms with Gasteiger partial charge in [-0.15, -0.1) is 0 Å². The molecule has 1 amide bonds. The molecule has 24 heavy (non-hydrogen) atoms. The number of methoxy groups -OCH3 is 1. The van der Waals surface area contributed by atoms with E-state index < -0.39 is 0 Å². The molecular weight excluding hydrogens is 308 g/mol. The van der Waals surface area contributed by atoms with Crippen LogP contribution in [0.15, 0.2) is 36.5 Å². The number of anilines is 2. The summed E-state index contributed by atoms with van der Waals surface area (Å²) in [7, 11) is 1.59. The largest absolute Gasteiger partial charge is 0.495 e. The maximum atomic E-state index is 12.2. The molecule has 0 aliphatic carbocycles. The van der Waals surface area contributed by atoms with E-state index in [9.17, 15) is 4.79 Å². The van der Waals surface area contributed by atoms with Gasteiger partial charge in [-0.25, -0.2) is 9.97 Å². The van der Waals surface area contributed by atoms with Gasteiger partial charge in [-0.05, 0) is 31.0 Å². The van der Waals surface area contributed by atoms with Gasteiger partial charge in [-0.3, -0.25) is 4.79 Å². The number of hydrogen-bond donors (Lipinski definition) is 2. The van der Waals surface area contributed by atoms with Crippen molar-refractivity contribution in [3.8, 4) is 5.75 Å². The van der Waals surface area contributed by atoms with Crippen molar-refractivity contribution in [2.75, 3.05) is 25.6 Å². The van der Waals surface area contributed by atoms with Crippen molar-refractivity contribution in [3.05, 3.63) is 42.2 Å². The van der Waals surface area contributed by atoms with Crippen LogP contribution in [0.1, 0.15) is 23.3 Å². The van der Waals surface area contributed by atoms with Crippen LogP contribution in [0.5, 0.6) is 5.75 Å². The fourth-order valence-corrected chi connectivity index (χ4v) is 2.52. The summed E-state index contributed by atoms with van der Waals surface area (Å²) < 4.78 is 10.8. The number of para-hydroxylation sites is 2. The second kappa shape index (κ2) is 7.74. The van der Waals surface area contributed by atoms with E-state index in [1.807, 2.05) is 24.3 Å². The van der Waals surface area contributed by atoms with Gasteiger partial charge >= 0.3 is 0 Å². The lowest BCUT2D eigenvalue weighted by atomic mass is 10.2. The van der Waals surface area contributed by atoms with Gasteiger partial charge in [0.15, 0.2) is 0 Å². The molecule has 1 saturated heterocycles. The van der Waals surface area contributed by atoms with Crippen LogP contribution in [0.3, 0.4) is 0 Å². The maximum Gasteiger partial charge on any atom is 0.270 e. The van der Waals surface area contributed by atoms with Gasteiger partial charge in [0.1, 0.15) is 11.4 Å². The van der Waals surface area contributed by atoms with Gasteiger partial charge < -0.3 is 20.1 Å². The normalized spacial score (nSPS) is 16.6. The molecule has 7 nitrogen and oxygen atoms in total. The molecule has 3 rings (SSSR count). The molecule has 2 N–H and O–H groups in total. The minimum Gasteiger partial charge on any atom is -0.495 e. The van der Waals surface area contributed by atoms with E-state index in [-0.39, 0.29) is 12.0 Å². The molecule has 1 aromatic heterocycles. The first-order valence-corrected chi connectivity index (χ1v) is 7.89. The van der Waals surface area contributed by atoms with Crippen LogP contribution in [-0.4, -0.2) is 42.2 Å². The first kappa shape index (κ1) is 16.2. The summed E-state index contributed by atoms with van der Waals surface area (Å²) in [6, 6.07) is 9.02. The zero-order chi connectivity index (χ0) is 16.8. The Balaban J connectivity index is 1.65. The first-order chi connectivity index (χ1) is 11.8. The Hall–Kier alpha value is -2.67. The Kier molecular flexibility index (Phi) is 5.22. The Morgan fingerprint density at radius 1 is 1.38 bits per heavy atom. The average molecular weight is 328 g/mol. The predicted molar refractivity (Wildman–Crippen MR) is 89.6 cm³/mol. The number of rotatable bonds is 6. The first-order valence-electron chi connectivity index (χ1n) is 7.89. The van der Waals surface area contributed by atoms with E-state index in [0.29, 0.717) is 23.9 Å². The fraction of sp³-hybridized carbons (Fsp3) is 0.353. The van der Waals surface area contributed by atoms with Crippen molar-refractivity contribution in [2.45, 2.75) is 18.9 Å². The van der Waals surface area contributed by atoms with Gasteiger partial charge in [0.2, 0.25) is 5.95 Å². The average Bonchev–Trinajstić information content (AvgIpc) is 3.14. The number of nitrogens with one attached hydrogen (secondary N) is 2. The van der Waals surface area contributed by atoms with Gasteiger partial charge in [-0.2, -0.15) is 0 Å². The number of aromatic nitrogens is 2. The molecule has 1 fully saturated rings. The lowest BCUT2D eigenvalue weighted by molar-refractivity contribution is 0.0853. The monoisotopic (exact) mass is 328 g/mol. The zero-order valence-corrected chi connectivity index (χ0v) is 13.5. The van der Waals surface area contributed by atoms with Crippen molar-refractivity contribution in [1.82, 2.24) is 15.3 Å². The minimum absolute atomic E-state index is 0.0990. The fourth-order valence-electron chi connectivity index (χ4n) is 2.52. The predicted octanol–water partition coefficient (Wildman–Crippen LogP) is 2.14. The van der Waals surface area contributed by atoms with Gasteiger partial charge in [0.05, 0.1) is 18.9 Å². The van der Waals surface area contributed by atoms with E-state index in [1.54, 1.807) is 19.4 Å². The topological polar surface area (TPSA) is 85.4 Å². The number of carbonyl (C=O) groups excluding carboxylic acids is 1. The smallest absolute Gasteiger partial charge is 0.270 e. The Morgan fingerprint density at radius 2 is 2.25 bits per heavy atom. The summed E-state index contributed by atoms with van der Waals surface area (Å²) in [6.45, 7) is 1.26. The van der Waals surface area contributed by atoms with E-state index in [4.69, 9.17) is 9.47 Å². The van der Waals surface area contributed by atoms with Crippen LogP contribution in [0.4, 0.5) is 11.6 Å². The zero-order valence-electron chi connectivity index (χ0n) is 13.5. The summed E-state index contributed by atoms with van der Waals surface area (Å²) in [4.78, 5) is 20.6. The van der Waals surface area contributed by atoms with Gasteiger partial charge in [-0.1, -0.05) is 12.1 Å². The van der Waals surface area contributed by atoms with Crippen molar-refractivity contribution in [3.63, 3.8) is 0 Å². The second-order valence-corrected chi connectivity index (χ2v) is 5.44. The van der Waals surface area contributed by atoms with Crippen LogP contribution in [-0.2, 0) is 4.74 Å². The molecule has 1 aromatic carbocycles. The van der Waals surface area contributed by atoms with Crippen molar-refractivity contribution < 1.29 is 14.3 Å². The summed E-state index contributed by atoms with van der Waals surface area (Å²) in [5.74, 6) is 0.773. The van der Waals surface area contributed by atoms with Gasteiger partial charge in [0, 0.05) is 19.3 Å². The lowest BCUT2D eigenvalue weighted by Crippen LogP contribution is -2.32. The Labute approximate surface area is 140 Å². The number of hydrogen-bond acceptors (Lipinski definition) is 6. The summed E-state index contributed by atoms with van der Waals surface area (Å²) in [5.41, 5.74) is 1.04. The van der Waals surface area contributed by atoms with Gasteiger partial charge in [0.25, 0.3) is 5.91 Å². The highest BCUT2D eigenvalue weighted by Crippen LogP contribution is 2.25. The molecule has 7 heteroatoms. The molecule has 1 atom stereocenters. The molecule has 1 unspecified atom stereocenters. The van der Waals surface area contributed by atoms with Crippen LogP contribution in [0, 0.1) is 0 Å². The molecule has 2 heterocycles. The van der Waals surface area contributed by atoms with E-state index in [2.05, 4.69) is 20.6 Å². The third-order valence-corrected chi connectivity index (χ3v) is 3.76. The lowest BCUT2D eigenvalue weighted by Gasteiger charge is -2.12. The van der Waals surface area contributed by atoms with Crippen LogP contribution >= 0.6 is 0 Å². The molecule has 0 spiro atoms. The minimum atomic E-state index is -0.240. The number of nitrogens with zero attached hydrogens (tertiary/aromatic N) is 2. The highest BCUT2D eigenvalue weighted by Gasteiger charge is 2.17. The summed E-state index contributed by atoms with van der Waals surface area (Å²) in [6.07, 6.45) is 3.67. The third-order valence-electron chi connectivity index (χ3n) is 3.76. The van der Waals surface area contributed by atoms with E-state index in [0.717, 1.165) is 25.1 Å². The molecule has 0 radical (unpaired) electrons. The summed E-state index contributed by atoms with van der Waals surface area (Å²) in [5, 5.41) is 5.91. The van der Waals surface area contributed by atoms with Crippen LogP contribution in [0.25, 0.3) is 0 Å². The Morgan fingerprint density at radius 3 is 3.04 bits per heavy atom. The third kappa shape index (κ3) is 3.99. The van der Waals surface area contributed by atoms with Crippen molar-refractivity contribution in [2.24, 2.45) is 0 Å². The van der Waals surface area contributed by atoms with E-state index >= 15 is 0 Å². The number of ether oxygens (including phenoxy) is 2. The number of amides is 1. The standard InChI is InChI=1S/C17H20N4O3/c1-23-15-7-3-2-6-13(15)20-17-18-9-8-14(21-17)16(22)19-11-12-5-4-10-24-12/h2-3,6-9,12H,4-5,10-11H2,1H3,(H,19,22)(H,18,20,21). The maximum absolute atomic E-state index is 12.2. The van der Waals surface area contributed by atoms with Crippen LogP contribution in [0.2, 0.25) is 0 Å². The molecular formula is C17H20N4O3. The quantitative estimate of drug-likeness (QED) is 0.845. The molecule has 1 aliphatic rings. The summed E-state index contributed by atoms with van der Waals surface area (Å²) >= 11 is 0. The molecule has 1 aliphatic heterocycles. The number of benzene rings is 1. The Bertz CT molecular complexity index is 702. The van der Waals surface area contributed by atoms with Crippen molar-refractivity contribution in [1.29, 1.82) is 0 Å². The van der Waals surface area contributed by atoms with Crippen LogP contribution < -0.4 is 15.4 Å².